The largest absolute Gasteiger partial charge is 1.00 e. The van der Waals surface area contributed by atoms with Gasteiger partial charge in [0.15, 0.2) is 5.12 Å². The SMILES string of the molecule is CC(=O)SCC(Cc1ccc([N+](=O)[O-])cc1)C(=O)NCCS(=O)(=O)[O-].[Na+]. The van der Waals surface area contributed by atoms with E-state index < -0.39 is 32.6 Å². The number of carbonyl (C=O) groups is 2. The molecule has 0 aliphatic heterocycles. The van der Waals surface area contributed by atoms with Crippen molar-refractivity contribution in [3.8, 4) is 0 Å². The second-order valence-corrected chi connectivity index (χ2v) is 7.90. The number of thioether (sulfide) groups is 1. The third kappa shape index (κ3) is 10.2. The van der Waals surface area contributed by atoms with Crippen LogP contribution in [0, 0.1) is 16.0 Å². The molecule has 0 aliphatic carbocycles. The molecule has 1 aromatic rings. The summed E-state index contributed by atoms with van der Waals surface area (Å²) >= 11 is 0.946. The summed E-state index contributed by atoms with van der Waals surface area (Å²) in [5.74, 6) is -1.69. The Hall–Kier alpha value is -0.980. The molecule has 0 spiro atoms. The molecule has 1 N–H and O–H groups in total. The van der Waals surface area contributed by atoms with E-state index >= 15 is 0 Å². The Labute approximate surface area is 177 Å². The van der Waals surface area contributed by atoms with E-state index in [1.807, 2.05) is 0 Å². The smallest absolute Gasteiger partial charge is 0.748 e. The number of nitro benzene ring substituents is 1. The van der Waals surface area contributed by atoms with Gasteiger partial charge < -0.3 is 9.87 Å². The van der Waals surface area contributed by atoms with E-state index in [9.17, 15) is 32.7 Å². The second-order valence-electron chi connectivity index (χ2n) is 5.18. The fraction of sp³-hybridized carbons (Fsp3) is 0.429. The van der Waals surface area contributed by atoms with Crippen LogP contribution in [0.4, 0.5) is 5.69 Å². The first-order chi connectivity index (χ1) is 11.6. The molecule has 0 radical (unpaired) electrons. The van der Waals surface area contributed by atoms with Crippen LogP contribution in [0.2, 0.25) is 0 Å². The summed E-state index contributed by atoms with van der Waals surface area (Å²) in [4.78, 5) is 33.4. The van der Waals surface area contributed by atoms with Gasteiger partial charge in [-0.25, -0.2) is 8.42 Å². The van der Waals surface area contributed by atoms with Crippen molar-refractivity contribution < 1.29 is 57.0 Å². The van der Waals surface area contributed by atoms with Crippen molar-refractivity contribution in [2.45, 2.75) is 13.3 Å². The molecule has 26 heavy (non-hydrogen) atoms. The third-order valence-electron chi connectivity index (χ3n) is 3.14. The van der Waals surface area contributed by atoms with Crippen molar-refractivity contribution in [2.24, 2.45) is 5.92 Å². The molecule has 1 amide bonds. The first-order valence-corrected chi connectivity index (χ1v) is 9.73. The van der Waals surface area contributed by atoms with Gasteiger partial charge in [-0.3, -0.25) is 19.7 Å². The summed E-state index contributed by atoms with van der Waals surface area (Å²) in [5, 5.41) is 12.8. The van der Waals surface area contributed by atoms with Crippen molar-refractivity contribution in [1.82, 2.24) is 5.32 Å². The van der Waals surface area contributed by atoms with Crippen molar-refractivity contribution in [2.75, 3.05) is 18.1 Å². The van der Waals surface area contributed by atoms with Crippen LogP contribution in [0.3, 0.4) is 0 Å². The summed E-state index contributed by atoms with van der Waals surface area (Å²) in [6, 6.07) is 5.65. The van der Waals surface area contributed by atoms with Crippen molar-refractivity contribution in [3.05, 3.63) is 39.9 Å². The molecule has 9 nitrogen and oxygen atoms in total. The zero-order chi connectivity index (χ0) is 19.0. The van der Waals surface area contributed by atoms with Crippen molar-refractivity contribution in [3.63, 3.8) is 0 Å². The van der Waals surface area contributed by atoms with Gasteiger partial charge in [0, 0.05) is 31.4 Å². The molecule has 0 aromatic heterocycles. The van der Waals surface area contributed by atoms with Crippen LogP contribution in [-0.4, -0.2) is 47.0 Å². The van der Waals surface area contributed by atoms with Crippen LogP contribution in [0.25, 0.3) is 0 Å². The summed E-state index contributed by atoms with van der Waals surface area (Å²) in [7, 11) is -4.43. The maximum Gasteiger partial charge on any atom is 1.00 e. The van der Waals surface area contributed by atoms with Gasteiger partial charge in [-0.2, -0.15) is 0 Å². The van der Waals surface area contributed by atoms with Gasteiger partial charge in [-0.1, -0.05) is 23.9 Å². The van der Waals surface area contributed by atoms with Crippen LogP contribution in [0.1, 0.15) is 12.5 Å². The Morgan fingerprint density at radius 1 is 1.27 bits per heavy atom. The van der Waals surface area contributed by atoms with Gasteiger partial charge in [0.1, 0.15) is 0 Å². The Balaban J connectivity index is 0.00000625. The number of nitro groups is 1. The number of carbonyl (C=O) groups excluding carboxylic acids is 2. The summed E-state index contributed by atoms with van der Waals surface area (Å²) in [5.41, 5.74) is 0.579. The minimum absolute atomic E-state index is 0. The number of non-ortho nitro benzene ring substituents is 1. The van der Waals surface area contributed by atoms with E-state index in [1.54, 1.807) is 0 Å². The van der Waals surface area contributed by atoms with E-state index in [1.165, 1.54) is 31.2 Å². The minimum atomic E-state index is -4.43. The maximum atomic E-state index is 12.2. The molecule has 0 heterocycles. The van der Waals surface area contributed by atoms with Gasteiger partial charge in [0.05, 0.1) is 26.7 Å². The van der Waals surface area contributed by atoms with Gasteiger partial charge >= 0.3 is 29.6 Å². The molecule has 0 bridgehead atoms. The van der Waals surface area contributed by atoms with Gasteiger partial charge in [-0.15, -0.1) is 0 Å². The number of amides is 1. The third-order valence-corrected chi connectivity index (χ3v) is 4.82. The molecule has 1 atom stereocenters. The van der Waals surface area contributed by atoms with Crippen LogP contribution >= 0.6 is 11.8 Å². The molecule has 1 unspecified atom stereocenters. The van der Waals surface area contributed by atoms with E-state index in [4.69, 9.17) is 0 Å². The normalized spacial score (nSPS) is 11.9. The minimum Gasteiger partial charge on any atom is -0.748 e. The van der Waals surface area contributed by atoms with E-state index in [2.05, 4.69) is 5.32 Å². The quantitative estimate of drug-likeness (QED) is 0.206. The van der Waals surface area contributed by atoms with Crippen molar-refractivity contribution >= 4 is 38.6 Å². The van der Waals surface area contributed by atoms with Crippen molar-refractivity contribution in [1.29, 1.82) is 0 Å². The monoisotopic (exact) mass is 412 g/mol. The molecule has 0 fully saturated rings. The van der Waals surface area contributed by atoms with Gasteiger partial charge in [-0.05, 0) is 12.0 Å². The molecule has 12 heteroatoms. The summed E-state index contributed by atoms with van der Waals surface area (Å²) in [6.45, 7) is 1.04. The van der Waals surface area contributed by atoms with E-state index in [0.29, 0.717) is 5.56 Å². The molecule has 0 saturated carbocycles. The summed E-state index contributed by atoms with van der Waals surface area (Å²) < 4.78 is 31.7. The standard InChI is InChI=1S/C14H18N2O7S2.Na/c1-10(17)24-9-12(14(18)15-6-7-25(21,22)23)8-11-2-4-13(5-3-11)16(19)20;/h2-5,12H,6-9H2,1H3,(H,15,18)(H,21,22,23);/q;+1/p-1. The predicted molar refractivity (Wildman–Crippen MR) is 91.0 cm³/mol. The number of hydrogen-bond acceptors (Lipinski definition) is 8. The fourth-order valence-corrected chi connectivity index (χ4v) is 2.98. The second kappa shape index (κ2) is 11.7. The fourth-order valence-electron chi connectivity index (χ4n) is 1.93. The van der Waals surface area contributed by atoms with Crippen LogP contribution in [0.5, 0.6) is 0 Å². The zero-order valence-corrected chi connectivity index (χ0v) is 18.0. The van der Waals surface area contributed by atoms with E-state index in [-0.39, 0.29) is 59.1 Å². The molecular formula is C14H17N2NaO7S2. The zero-order valence-electron chi connectivity index (χ0n) is 14.3. The van der Waals surface area contributed by atoms with Gasteiger partial charge in [0.2, 0.25) is 5.91 Å². The maximum absolute atomic E-state index is 12.2. The molecule has 138 valence electrons. The summed E-state index contributed by atoms with van der Waals surface area (Å²) in [6.07, 6.45) is 0.217. The Morgan fingerprint density at radius 3 is 2.31 bits per heavy atom. The topological polar surface area (TPSA) is 147 Å². The predicted octanol–water partition coefficient (Wildman–Crippen LogP) is -2.30. The molecule has 1 aromatic carbocycles. The molecular weight excluding hydrogens is 395 g/mol. The number of nitrogens with zero attached hydrogens (tertiary/aromatic N) is 1. The Kier molecular flexibility index (Phi) is 11.2. The van der Waals surface area contributed by atoms with Gasteiger partial charge in [0.25, 0.3) is 5.69 Å². The molecule has 1 rings (SSSR count). The number of nitrogens with one attached hydrogen (secondary N) is 1. The first kappa shape index (κ1) is 25.0. The average Bonchev–Trinajstić information content (AvgIpc) is 2.50. The number of hydrogen-bond donors (Lipinski definition) is 1. The first-order valence-electron chi connectivity index (χ1n) is 7.16. The van der Waals surface area contributed by atoms with Crippen LogP contribution < -0.4 is 34.9 Å². The Morgan fingerprint density at radius 2 is 1.85 bits per heavy atom. The number of rotatable bonds is 9. The molecule has 0 saturated heterocycles. The van der Waals surface area contributed by atoms with Crippen LogP contribution in [0.15, 0.2) is 24.3 Å². The van der Waals surface area contributed by atoms with Crippen LogP contribution in [-0.2, 0) is 26.1 Å². The number of benzene rings is 1. The Bertz CT molecular complexity index is 738. The van der Waals surface area contributed by atoms with E-state index in [0.717, 1.165) is 11.8 Å². The molecule has 0 aliphatic rings. The average molecular weight is 412 g/mol.